The zero-order valence-electron chi connectivity index (χ0n) is 13.3. The predicted octanol–water partition coefficient (Wildman–Crippen LogP) is 3.96. The van der Waals surface area contributed by atoms with Gasteiger partial charge in [-0.3, -0.25) is 0 Å². The van der Waals surface area contributed by atoms with Crippen LogP contribution < -0.4 is 5.32 Å². The van der Waals surface area contributed by atoms with E-state index in [1.165, 1.54) is 22.3 Å². The van der Waals surface area contributed by atoms with Gasteiger partial charge in [0.25, 0.3) is 0 Å². The van der Waals surface area contributed by atoms with Gasteiger partial charge in [0, 0.05) is 17.9 Å². The van der Waals surface area contributed by atoms with Crippen LogP contribution in [0.25, 0.3) is 0 Å². The molecule has 2 aromatic rings. The van der Waals surface area contributed by atoms with Gasteiger partial charge in [-0.2, -0.15) is 0 Å². The molecule has 2 aliphatic rings. The lowest BCUT2D eigenvalue weighted by molar-refractivity contribution is 0.151. The molecule has 0 aliphatic heterocycles. The molecule has 0 spiro atoms. The second-order valence-corrected chi connectivity index (χ2v) is 6.41. The van der Waals surface area contributed by atoms with Crippen molar-refractivity contribution in [1.29, 1.82) is 0 Å². The first kappa shape index (κ1) is 14.3. The van der Waals surface area contributed by atoms with Crippen molar-refractivity contribution < 1.29 is 9.53 Å². The summed E-state index contributed by atoms with van der Waals surface area (Å²) in [4.78, 5) is 11.6. The van der Waals surface area contributed by atoms with Gasteiger partial charge in [0.2, 0.25) is 0 Å². The Kier molecular flexibility index (Phi) is 3.37. The average Bonchev–Trinajstić information content (AvgIpc) is 3.08. The van der Waals surface area contributed by atoms with Crippen LogP contribution in [-0.4, -0.2) is 19.2 Å². The number of alkyl carbamates (subject to hydrolysis) is 1. The first-order valence-electron chi connectivity index (χ1n) is 8.35. The Morgan fingerprint density at radius 1 is 1.13 bits per heavy atom. The van der Waals surface area contributed by atoms with E-state index in [9.17, 15) is 4.79 Å². The summed E-state index contributed by atoms with van der Waals surface area (Å²) < 4.78 is 4.97. The number of benzene rings is 2. The summed E-state index contributed by atoms with van der Waals surface area (Å²) in [5, 5.41) is 2.89. The monoisotopic (exact) mass is 307 g/mol. The minimum Gasteiger partial charge on any atom is -0.450 e. The molecule has 2 aromatic carbocycles. The van der Waals surface area contributed by atoms with E-state index in [1.54, 1.807) is 0 Å². The maximum atomic E-state index is 11.6. The van der Waals surface area contributed by atoms with Crippen molar-refractivity contribution in [2.24, 2.45) is 0 Å². The third-order valence-electron chi connectivity index (χ3n) is 5.35. The Bertz CT molecular complexity index is 705. The molecule has 2 bridgehead atoms. The van der Waals surface area contributed by atoms with Crippen LogP contribution in [0.4, 0.5) is 4.79 Å². The van der Waals surface area contributed by atoms with Crippen molar-refractivity contribution in [3.63, 3.8) is 0 Å². The molecule has 0 heterocycles. The smallest absolute Gasteiger partial charge is 0.407 e. The maximum absolute atomic E-state index is 11.6. The maximum Gasteiger partial charge on any atom is 0.407 e. The van der Waals surface area contributed by atoms with Crippen molar-refractivity contribution in [3.8, 4) is 0 Å². The molecule has 23 heavy (non-hydrogen) atoms. The summed E-state index contributed by atoms with van der Waals surface area (Å²) in [6.45, 7) is 2.86. The van der Waals surface area contributed by atoms with Crippen molar-refractivity contribution in [1.82, 2.24) is 5.32 Å². The minimum absolute atomic E-state index is 0.0390. The fourth-order valence-electron chi connectivity index (χ4n) is 4.51. The second-order valence-electron chi connectivity index (χ2n) is 6.41. The van der Waals surface area contributed by atoms with E-state index < -0.39 is 0 Å². The number of carbonyl (C=O) groups is 1. The summed E-state index contributed by atoms with van der Waals surface area (Å²) >= 11 is 0. The van der Waals surface area contributed by atoms with Gasteiger partial charge in [-0.05, 0) is 42.0 Å². The molecule has 0 aromatic heterocycles. The highest BCUT2D eigenvalue weighted by Gasteiger charge is 2.51. The highest BCUT2D eigenvalue weighted by molar-refractivity contribution is 5.67. The lowest BCUT2D eigenvalue weighted by Gasteiger charge is -2.31. The number of carbonyl (C=O) groups excluding carboxylic acids is 1. The van der Waals surface area contributed by atoms with E-state index in [0.29, 0.717) is 19.1 Å². The number of nitrogens with one attached hydrogen (secondary N) is 1. The van der Waals surface area contributed by atoms with E-state index in [2.05, 4.69) is 53.8 Å². The standard InChI is InChI=1S/C20H21NO2/c1-2-23-19(22)21-12-11-20-13-16(14-7-3-5-9-17(14)20)15-8-4-6-10-18(15)20/h3-10,16H,2,11-13H2,1H3,(H,21,22). The number of hydrogen-bond donors (Lipinski definition) is 1. The van der Waals surface area contributed by atoms with Gasteiger partial charge in [0.15, 0.2) is 0 Å². The van der Waals surface area contributed by atoms with Crippen LogP contribution in [0, 0.1) is 0 Å². The average molecular weight is 307 g/mol. The molecular weight excluding hydrogens is 286 g/mol. The van der Waals surface area contributed by atoms with Gasteiger partial charge >= 0.3 is 6.09 Å². The normalized spacial score (nSPS) is 23.3. The third kappa shape index (κ3) is 2.07. The molecule has 3 nitrogen and oxygen atoms in total. The van der Waals surface area contributed by atoms with Crippen LogP contribution in [0.3, 0.4) is 0 Å². The van der Waals surface area contributed by atoms with Gasteiger partial charge in [0.1, 0.15) is 0 Å². The number of fused-ring (bicyclic) bond motifs is 8. The fourth-order valence-corrected chi connectivity index (χ4v) is 4.51. The molecule has 0 fully saturated rings. The molecular formula is C20H21NO2. The van der Waals surface area contributed by atoms with Gasteiger partial charge in [0.05, 0.1) is 6.61 Å². The van der Waals surface area contributed by atoms with Crippen LogP contribution in [0.5, 0.6) is 0 Å². The number of amides is 1. The van der Waals surface area contributed by atoms with Crippen molar-refractivity contribution in [3.05, 3.63) is 70.8 Å². The molecule has 1 N–H and O–H groups in total. The van der Waals surface area contributed by atoms with Crippen LogP contribution >= 0.6 is 0 Å². The molecule has 118 valence electrons. The van der Waals surface area contributed by atoms with Crippen molar-refractivity contribution >= 4 is 6.09 Å². The van der Waals surface area contributed by atoms with E-state index in [1.807, 2.05) is 6.92 Å². The SMILES string of the molecule is CCOC(=O)NCCC12CC(c3ccccc31)c1ccccc12. The Morgan fingerprint density at radius 3 is 2.35 bits per heavy atom. The topological polar surface area (TPSA) is 38.3 Å². The van der Waals surface area contributed by atoms with Gasteiger partial charge in [-0.1, -0.05) is 48.5 Å². The molecule has 0 saturated heterocycles. The summed E-state index contributed by atoms with van der Waals surface area (Å²) in [5.74, 6) is 0.505. The predicted molar refractivity (Wildman–Crippen MR) is 89.8 cm³/mol. The van der Waals surface area contributed by atoms with Crippen molar-refractivity contribution in [2.45, 2.75) is 31.1 Å². The number of ether oxygens (including phenoxy) is 1. The van der Waals surface area contributed by atoms with Crippen LogP contribution in [0.1, 0.15) is 47.9 Å². The van der Waals surface area contributed by atoms with E-state index in [4.69, 9.17) is 4.74 Å². The molecule has 1 amide bonds. The molecule has 2 aliphatic carbocycles. The van der Waals surface area contributed by atoms with Crippen LogP contribution in [0.2, 0.25) is 0 Å². The Hall–Kier alpha value is -2.29. The lowest BCUT2D eigenvalue weighted by Crippen LogP contribution is -2.32. The third-order valence-corrected chi connectivity index (χ3v) is 5.35. The Morgan fingerprint density at radius 2 is 1.74 bits per heavy atom. The van der Waals surface area contributed by atoms with E-state index >= 15 is 0 Å². The largest absolute Gasteiger partial charge is 0.450 e. The second kappa shape index (κ2) is 5.41. The number of rotatable bonds is 4. The number of hydrogen-bond acceptors (Lipinski definition) is 2. The molecule has 3 heteroatoms. The molecule has 0 unspecified atom stereocenters. The van der Waals surface area contributed by atoms with Crippen LogP contribution in [0.15, 0.2) is 48.5 Å². The molecule has 0 radical (unpaired) electrons. The quantitative estimate of drug-likeness (QED) is 0.928. The summed E-state index contributed by atoms with van der Waals surface area (Å²) in [6, 6.07) is 17.6. The Balaban J connectivity index is 1.66. The molecule has 0 saturated carbocycles. The zero-order valence-corrected chi connectivity index (χ0v) is 13.3. The first-order chi connectivity index (χ1) is 11.3. The highest BCUT2D eigenvalue weighted by atomic mass is 16.5. The first-order valence-corrected chi connectivity index (χ1v) is 8.35. The molecule has 0 atom stereocenters. The zero-order chi connectivity index (χ0) is 15.9. The van der Waals surface area contributed by atoms with Crippen molar-refractivity contribution in [2.75, 3.05) is 13.2 Å². The van der Waals surface area contributed by atoms with Gasteiger partial charge in [-0.25, -0.2) is 4.79 Å². The lowest BCUT2D eigenvalue weighted by atomic mass is 9.73. The van der Waals surface area contributed by atoms with Gasteiger partial charge < -0.3 is 10.1 Å². The fraction of sp³-hybridized carbons (Fsp3) is 0.350. The Labute approximate surface area is 136 Å². The minimum atomic E-state index is -0.321. The van der Waals surface area contributed by atoms with Crippen LogP contribution in [-0.2, 0) is 10.2 Å². The van der Waals surface area contributed by atoms with E-state index in [-0.39, 0.29) is 11.5 Å². The summed E-state index contributed by atoms with van der Waals surface area (Å²) in [7, 11) is 0. The highest BCUT2D eigenvalue weighted by Crippen LogP contribution is 2.61. The van der Waals surface area contributed by atoms with Gasteiger partial charge in [-0.15, -0.1) is 0 Å². The van der Waals surface area contributed by atoms with E-state index in [0.717, 1.165) is 12.8 Å². The summed E-state index contributed by atoms with van der Waals surface area (Å²) in [5.41, 5.74) is 5.84. The molecule has 4 rings (SSSR count). The summed E-state index contributed by atoms with van der Waals surface area (Å²) in [6.07, 6.45) is 1.71.